The molecular formula is C17H25N3O. The maximum Gasteiger partial charge on any atom is 0.244 e. The van der Waals surface area contributed by atoms with E-state index in [0.717, 1.165) is 31.6 Å². The third-order valence-electron chi connectivity index (χ3n) is 4.90. The molecule has 0 saturated carbocycles. The number of carbonyl (C=O) groups is 1. The summed E-state index contributed by atoms with van der Waals surface area (Å²) in [5.41, 5.74) is 2.47. The molecule has 1 N–H and O–H groups in total. The second-order valence-corrected chi connectivity index (χ2v) is 6.59. The van der Waals surface area contributed by atoms with Gasteiger partial charge in [0.05, 0.1) is 0 Å². The third-order valence-corrected chi connectivity index (χ3v) is 4.90. The number of fused-ring (bicyclic) bond motifs is 1. The Balaban J connectivity index is 1.78. The van der Waals surface area contributed by atoms with Crippen molar-refractivity contribution in [1.82, 2.24) is 15.1 Å². The Kier molecular flexibility index (Phi) is 4.00. The van der Waals surface area contributed by atoms with Gasteiger partial charge in [0.1, 0.15) is 6.04 Å². The lowest BCUT2D eigenvalue weighted by molar-refractivity contribution is -0.133. The summed E-state index contributed by atoms with van der Waals surface area (Å²) in [5, 5.41) is 3.41. The summed E-state index contributed by atoms with van der Waals surface area (Å²) in [6.07, 6.45) is 1.01. The lowest BCUT2D eigenvalue weighted by atomic mass is 9.93. The van der Waals surface area contributed by atoms with E-state index in [1.807, 2.05) is 11.0 Å². The molecule has 0 radical (unpaired) electrons. The van der Waals surface area contributed by atoms with Crippen LogP contribution >= 0.6 is 0 Å². The Morgan fingerprint density at radius 1 is 1.29 bits per heavy atom. The lowest BCUT2D eigenvalue weighted by Crippen LogP contribution is -2.44. The number of likely N-dealkylation sites (tertiary alicyclic amines) is 1. The van der Waals surface area contributed by atoms with Crippen LogP contribution in [0.1, 0.15) is 24.1 Å². The van der Waals surface area contributed by atoms with Crippen LogP contribution in [0.4, 0.5) is 0 Å². The average molecular weight is 287 g/mol. The first-order chi connectivity index (χ1) is 10.1. The van der Waals surface area contributed by atoms with Gasteiger partial charge in [-0.2, -0.15) is 0 Å². The minimum absolute atomic E-state index is 0.164. The van der Waals surface area contributed by atoms with Crippen LogP contribution in [0.15, 0.2) is 24.3 Å². The van der Waals surface area contributed by atoms with E-state index in [9.17, 15) is 4.79 Å². The molecule has 4 heteroatoms. The fraction of sp³-hybridized carbons (Fsp3) is 0.588. The minimum Gasteiger partial charge on any atom is -0.339 e. The molecule has 114 valence electrons. The highest BCUT2D eigenvalue weighted by molar-refractivity contribution is 5.84. The fourth-order valence-electron chi connectivity index (χ4n) is 3.71. The Bertz CT molecular complexity index is 529. The molecule has 3 atom stereocenters. The van der Waals surface area contributed by atoms with Crippen molar-refractivity contribution in [3.8, 4) is 0 Å². The van der Waals surface area contributed by atoms with Gasteiger partial charge in [-0.3, -0.25) is 4.79 Å². The summed E-state index contributed by atoms with van der Waals surface area (Å²) in [6.45, 7) is 4.82. The van der Waals surface area contributed by atoms with Gasteiger partial charge < -0.3 is 15.1 Å². The summed E-state index contributed by atoms with van der Waals surface area (Å²) in [5.74, 6) is 0.765. The summed E-state index contributed by atoms with van der Waals surface area (Å²) >= 11 is 0. The summed E-state index contributed by atoms with van der Waals surface area (Å²) in [7, 11) is 4.20. The molecule has 3 unspecified atom stereocenters. The predicted octanol–water partition coefficient (Wildman–Crippen LogP) is 1.28. The van der Waals surface area contributed by atoms with Gasteiger partial charge >= 0.3 is 0 Å². The summed E-state index contributed by atoms with van der Waals surface area (Å²) < 4.78 is 0. The van der Waals surface area contributed by atoms with Crippen molar-refractivity contribution < 1.29 is 4.79 Å². The van der Waals surface area contributed by atoms with Gasteiger partial charge in [-0.25, -0.2) is 0 Å². The highest BCUT2D eigenvalue weighted by Gasteiger charge is 2.37. The van der Waals surface area contributed by atoms with Crippen molar-refractivity contribution in [1.29, 1.82) is 0 Å². The number of nitrogens with one attached hydrogen (secondary N) is 1. The molecule has 1 saturated heterocycles. The van der Waals surface area contributed by atoms with Gasteiger partial charge in [0, 0.05) is 25.7 Å². The fourth-order valence-corrected chi connectivity index (χ4v) is 3.71. The van der Waals surface area contributed by atoms with Crippen molar-refractivity contribution in [2.75, 3.05) is 33.7 Å². The van der Waals surface area contributed by atoms with Crippen LogP contribution in [0.25, 0.3) is 0 Å². The van der Waals surface area contributed by atoms with Gasteiger partial charge in [-0.1, -0.05) is 31.2 Å². The van der Waals surface area contributed by atoms with Gasteiger partial charge in [-0.05, 0) is 37.6 Å². The maximum atomic E-state index is 12.9. The Hall–Kier alpha value is -1.39. The molecule has 0 aromatic heterocycles. The van der Waals surface area contributed by atoms with Crippen molar-refractivity contribution >= 4 is 5.91 Å². The van der Waals surface area contributed by atoms with E-state index in [0.29, 0.717) is 12.0 Å². The van der Waals surface area contributed by atoms with E-state index in [4.69, 9.17) is 0 Å². The zero-order valence-corrected chi connectivity index (χ0v) is 13.2. The molecule has 2 heterocycles. The van der Waals surface area contributed by atoms with Crippen LogP contribution < -0.4 is 5.32 Å². The Morgan fingerprint density at radius 3 is 2.76 bits per heavy atom. The van der Waals surface area contributed by atoms with Crippen LogP contribution in [0.5, 0.6) is 0 Å². The largest absolute Gasteiger partial charge is 0.339 e. The van der Waals surface area contributed by atoms with Gasteiger partial charge in [0.25, 0.3) is 0 Å². The van der Waals surface area contributed by atoms with Crippen LogP contribution in [0.3, 0.4) is 0 Å². The maximum absolute atomic E-state index is 12.9. The molecule has 4 nitrogen and oxygen atoms in total. The van der Waals surface area contributed by atoms with Crippen molar-refractivity contribution in [2.45, 2.75) is 25.4 Å². The topological polar surface area (TPSA) is 35.6 Å². The van der Waals surface area contributed by atoms with E-state index < -0.39 is 0 Å². The molecule has 2 aliphatic rings. The van der Waals surface area contributed by atoms with Crippen molar-refractivity contribution in [3.63, 3.8) is 0 Å². The normalized spacial score (nSPS) is 28.8. The first-order valence-corrected chi connectivity index (χ1v) is 7.84. The van der Waals surface area contributed by atoms with E-state index in [-0.39, 0.29) is 11.9 Å². The van der Waals surface area contributed by atoms with Crippen LogP contribution in [0, 0.1) is 5.92 Å². The van der Waals surface area contributed by atoms with Crippen LogP contribution in [0.2, 0.25) is 0 Å². The van der Waals surface area contributed by atoms with Gasteiger partial charge in [0.2, 0.25) is 5.91 Å². The number of carbonyl (C=O) groups excluding carboxylic acids is 1. The SMILES string of the molecule is CC1CN(C(=O)C2NCCc3ccccc32)CC1N(C)C. The second-order valence-electron chi connectivity index (χ2n) is 6.59. The predicted molar refractivity (Wildman–Crippen MR) is 84.1 cm³/mol. The molecule has 0 aliphatic carbocycles. The monoisotopic (exact) mass is 287 g/mol. The minimum atomic E-state index is -0.164. The van der Waals surface area contributed by atoms with Gasteiger partial charge in [0.15, 0.2) is 0 Å². The number of benzene rings is 1. The van der Waals surface area contributed by atoms with Crippen LogP contribution in [-0.2, 0) is 11.2 Å². The second kappa shape index (κ2) is 5.78. The zero-order chi connectivity index (χ0) is 15.0. The number of amides is 1. The molecule has 3 rings (SSSR count). The molecule has 1 aromatic carbocycles. The van der Waals surface area contributed by atoms with Gasteiger partial charge in [-0.15, -0.1) is 0 Å². The smallest absolute Gasteiger partial charge is 0.244 e. The van der Waals surface area contributed by atoms with Crippen molar-refractivity contribution in [3.05, 3.63) is 35.4 Å². The van der Waals surface area contributed by atoms with Crippen LogP contribution in [-0.4, -0.2) is 55.5 Å². The first-order valence-electron chi connectivity index (χ1n) is 7.84. The lowest BCUT2D eigenvalue weighted by Gasteiger charge is -2.30. The molecule has 0 spiro atoms. The van der Waals surface area contributed by atoms with E-state index >= 15 is 0 Å². The summed E-state index contributed by atoms with van der Waals surface area (Å²) in [6, 6.07) is 8.63. The Labute approximate surface area is 127 Å². The zero-order valence-electron chi connectivity index (χ0n) is 13.2. The third kappa shape index (κ3) is 2.70. The Morgan fingerprint density at radius 2 is 2.05 bits per heavy atom. The molecule has 21 heavy (non-hydrogen) atoms. The average Bonchev–Trinajstić information content (AvgIpc) is 2.88. The molecule has 1 amide bonds. The number of hydrogen-bond donors (Lipinski definition) is 1. The number of likely N-dealkylation sites (N-methyl/N-ethyl adjacent to an activating group) is 1. The van der Waals surface area contributed by atoms with E-state index in [2.05, 4.69) is 49.4 Å². The number of rotatable bonds is 2. The molecule has 1 fully saturated rings. The van der Waals surface area contributed by atoms with Crippen molar-refractivity contribution in [2.24, 2.45) is 5.92 Å². The number of hydrogen-bond acceptors (Lipinski definition) is 3. The van der Waals surface area contributed by atoms with E-state index in [1.54, 1.807) is 0 Å². The quantitative estimate of drug-likeness (QED) is 0.890. The first kappa shape index (κ1) is 14.5. The molecule has 2 aliphatic heterocycles. The highest BCUT2D eigenvalue weighted by atomic mass is 16.2. The standard InChI is InChI=1S/C17H25N3O/c1-12-10-20(11-15(12)19(2)3)17(21)16-14-7-5-4-6-13(14)8-9-18-16/h4-7,12,15-16,18H,8-11H2,1-3H3. The molecule has 1 aromatic rings. The number of nitrogens with zero attached hydrogens (tertiary/aromatic N) is 2. The summed E-state index contributed by atoms with van der Waals surface area (Å²) in [4.78, 5) is 17.2. The van der Waals surface area contributed by atoms with E-state index in [1.165, 1.54) is 5.56 Å². The highest BCUT2D eigenvalue weighted by Crippen LogP contribution is 2.28. The molecular weight excluding hydrogens is 262 g/mol. The molecule has 0 bridgehead atoms.